The van der Waals surface area contributed by atoms with Gasteiger partial charge in [-0.1, -0.05) is 56.3 Å². The van der Waals surface area contributed by atoms with Crippen LogP contribution in [0.2, 0.25) is 5.04 Å². The first-order valence-corrected chi connectivity index (χ1v) is 11.7. The number of pyridine rings is 1. The summed E-state index contributed by atoms with van der Waals surface area (Å²) in [5.41, 5.74) is 2.15. The highest BCUT2D eigenvalue weighted by atomic mass is 28.2. The third kappa shape index (κ3) is 5.83. The molecule has 0 saturated heterocycles. The molecule has 32 heavy (non-hydrogen) atoms. The highest BCUT2D eigenvalue weighted by Gasteiger charge is 2.33. The van der Waals surface area contributed by atoms with Crippen molar-refractivity contribution in [2.75, 3.05) is 7.11 Å². The van der Waals surface area contributed by atoms with Gasteiger partial charge in [-0.05, 0) is 25.0 Å². The topological polar surface area (TPSA) is 83.7 Å². The van der Waals surface area contributed by atoms with E-state index in [4.69, 9.17) is 18.4 Å². The quantitative estimate of drug-likeness (QED) is 0.362. The van der Waals surface area contributed by atoms with Gasteiger partial charge in [0.25, 0.3) is 0 Å². The average Bonchev–Trinajstić information content (AvgIpc) is 3.21. The molecule has 2 heterocycles. The molecular weight excluding hydrogens is 424 g/mol. The molecule has 0 amide bonds. The lowest BCUT2D eigenvalue weighted by atomic mass is 9.98. The van der Waals surface area contributed by atoms with Gasteiger partial charge in [-0.25, -0.2) is 9.78 Å². The first kappa shape index (κ1) is 23.7. The minimum Gasteiger partial charge on any atom is -0.473 e. The summed E-state index contributed by atoms with van der Waals surface area (Å²) in [5.74, 6) is 0.574. The molecule has 0 aliphatic heterocycles. The SMILES string of the molecule is COC(=O)c1ccc(OCc2c(-c3ccccc3)noc2C(C)(C)O[SiH2]C(C)(C)C)nc1. The van der Waals surface area contributed by atoms with E-state index in [1.165, 1.54) is 13.3 Å². The number of esters is 1. The molecule has 0 aliphatic rings. The smallest absolute Gasteiger partial charge is 0.339 e. The van der Waals surface area contributed by atoms with Crippen molar-refractivity contribution in [3.8, 4) is 17.1 Å². The van der Waals surface area contributed by atoms with E-state index in [1.54, 1.807) is 12.1 Å². The van der Waals surface area contributed by atoms with Crippen LogP contribution < -0.4 is 4.74 Å². The van der Waals surface area contributed by atoms with Crippen molar-refractivity contribution in [2.24, 2.45) is 0 Å². The molecule has 0 atom stereocenters. The number of hydrogen-bond acceptors (Lipinski definition) is 7. The van der Waals surface area contributed by atoms with E-state index in [0.29, 0.717) is 22.9 Å². The van der Waals surface area contributed by atoms with Crippen molar-refractivity contribution in [3.05, 3.63) is 65.5 Å². The summed E-state index contributed by atoms with van der Waals surface area (Å²) >= 11 is 0. The Hall–Kier alpha value is -2.97. The van der Waals surface area contributed by atoms with Crippen LogP contribution in [0.15, 0.2) is 53.2 Å². The summed E-state index contributed by atoms with van der Waals surface area (Å²) < 4.78 is 22.8. The number of carbonyl (C=O) groups is 1. The van der Waals surface area contributed by atoms with Crippen molar-refractivity contribution < 1.29 is 23.2 Å². The van der Waals surface area contributed by atoms with Crippen molar-refractivity contribution in [1.82, 2.24) is 10.1 Å². The molecular formula is C24H30N2O5Si. The second-order valence-electron chi connectivity index (χ2n) is 9.23. The predicted molar refractivity (Wildman–Crippen MR) is 124 cm³/mol. The Kier molecular flexibility index (Phi) is 7.15. The van der Waals surface area contributed by atoms with Crippen molar-refractivity contribution in [2.45, 2.75) is 51.9 Å². The van der Waals surface area contributed by atoms with Crippen molar-refractivity contribution in [1.29, 1.82) is 0 Å². The monoisotopic (exact) mass is 454 g/mol. The third-order valence-electron chi connectivity index (χ3n) is 4.77. The lowest BCUT2D eigenvalue weighted by Gasteiger charge is -2.28. The van der Waals surface area contributed by atoms with Gasteiger partial charge >= 0.3 is 5.97 Å². The number of methoxy groups -OCH3 is 1. The third-order valence-corrected chi connectivity index (χ3v) is 6.50. The van der Waals surface area contributed by atoms with Gasteiger partial charge in [-0.15, -0.1) is 0 Å². The number of benzene rings is 1. The van der Waals surface area contributed by atoms with Gasteiger partial charge < -0.3 is 18.4 Å². The Labute approximate surface area is 191 Å². The summed E-state index contributed by atoms with van der Waals surface area (Å²) in [7, 11) is 0.499. The maximum absolute atomic E-state index is 11.6. The first-order chi connectivity index (χ1) is 15.1. The van der Waals surface area contributed by atoms with Crippen LogP contribution in [-0.2, 0) is 21.4 Å². The summed E-state index contributed by atoms with van der Waals surface area (Å²) in [4.78, 5) is 15.8. The standard InChI is InChI=1S/C24H30N2O5Si/c1-23(2,3)32-31-24(4,5)21-18(20(26-30-21)16-10-8-7-9-11-16)15-29-19-13-12-17(14-25-19)22(27)28-6/h7-14H,15,32H2,1-6H3. The summed E-state index contributed by atoms with van der Waals surface area (Å²) in [6.07, 6.45) is 1.43. The largest absolute Gasteiger partial charge is 0.473 e. The van der Waals surface area contributed by atoms with Gasteiger partial charge in [0, 0.05) is 17.8 Å². The van der Waals surface area contributed by atoms with E-state index in [1.807, 2.05) is 44.2 Å². The van der Waals surface area contributed by atoms with Crippen LogP contribution in [-0.4, -0.2) is 33.0 Å². The second-order valence-corrected chi connectivity index (χ2v) is 11.9. The minimum absolute atomic E-state index is 0.140. The highest BCUT2D eigenvalue weighted by molar-refractivity contribution is 6.31. The molecule has 3 aromatic rings. The molecule has 0 bridgehead atoms. The molecule has 0 spiro atoms. The number of ether oxygens (including phenoxy) is 2. The van der Waals surface area contributed by atoms with E-state index in [-0.39, 0.29) is 11.6 Å². The lowest BCUT2D eigenvalue weighted by Crippen LogP contribution is -2.28. The fourth-order valence-electron chi connectivity index (χ4n) is 3.05. The molecule has 0 radical (unpaired) electrons. The van der Waals surface area contributed by atoms with Crippen LogP contribution in [0.4, 0.5) is 0 Å². The molecule has 0 N–H and O–H groups in total. The first-order valence-electron chi connectivity index (χ1n) is 10.5. The van der Waals surface area contributed by atoms with E-state index < -0.39 is 21.3 Å². The molecule has 170 valence electrons. The molecule has 7 nitrogen and oxygen atoms in total. The molecule has 0 fully saturated rings. The molecule has 3 rings (SSSR count). The zero-order valence-electron chi connectivity index (χ0n) is 19.5. The minimum atomic E-state index is -0.832. The van der Waals surface area contributed by atoms with Crippen molar-refractivity contribution >= 4 is 15.7 Å². The molecule has 8 heteroatoms. The maximum Gasteiger partial charge on any atom is 0.339 e. The maximum atomic E-state index is 11.6. The normalized spacial score (nSPS) is 12.3. The number of carbonyl (C=O) groups excluding carboxylic acids is 1. The van der Waals surface area contributed by atoms with Gasteiger partial charge in [0.2, 0.25) is 5.88 Å². The van der Waals surface area contributed by atoms with Crippen molar-refractivity contribution in [3.63, 3.8) is 0 Å². The molecule has 0 aliphatic carbocycles. The predicted octanol–water partition coefficient (Wildman–Crippen LogP) is 4.66. The zero-order valence-corrected chi connectivity index (χ0v) is 20.9. The van der Waals surface area contributed by atoms with Gasteiger partial charge in [-0.3, -0.25) is 0 Å². The van der Waals surface area contributed by atoms with Crippen LogP contribution in [0.25, 0.3) is 11.3 Å². The number of aromatic nitrogens is 2. The Morgan fingerprint density at radius 3 is 2.38 bits per heavy atom. The Balaban J connectivity index is 1.89. The number of rotatable bonds is 8. The van der Waals surface area contributed by atoms with Crippen LogP contribution in [0, 0.1) is 0 Å². The fourth-order valence-corrected chi connectivity index (χ4v) is 3.98. The highest BCUT2D eigenvalue weighted by Crippen LogP contribution is 2.36. The number of hydrogen-bond donors (Lipinski definition) is 0. The zero-order chi connectivity index (χ0) is 23.4. The Bertz CT molecular complexity index is 1040. The average molecular weight is 455 g/mol. The Morgan fingerprint density at radius 2 is 1.78 bits per heavy atom. The molecule has 1 aromatic carbocycles. The summed E-state index contributed by atoms with van der Waals surface area (Å²) in [6, 6.07) is 13.1. The molecule has 0 unspecified atom stereocenters. The van der Waals surface area contributed by atoms with E-state index in [9.17, 15) is 4.79 Å². The molecule has 0 saturated carbocycles. The Morgan fingerprint density at radius 1 is 1.06 bits per heavy atom. The second kappa shape index (κ2) is 9.66. The van der Waals surface area contributed by atoms with E-state index in [0.717, 1.165) is 11.1 Å². The van der Waals surface area contributed by atoms with Gasteiger partial charge in [-0.2, -0.15) is 0 Å². The van der Waals surface area contributed by atoms with Gasteiger partial charge in [0.1, 0.15) is 17.9 Å². The lowest BCUT2D eigenvalue weighted by molar-refractivity contribution is 0.0600. The van der Waals surface area contributed by atoms with E-state index >= 15 is 0 Å². The van der Waals surface area contributed by atoms with Crippen LogP contribution in [0.3, 0.4) is 0 Å². The van der Waals surface area contributed by atoms with Crippen LogP contribution in [0.5, 0.6) is 5.88 Å². The van der Waals surface area contributed by atoms with Gasteiger partial charge in [0.05, 0.1) is 18.2 Å². The van der Waals surface area contributed by atoms with Crippen LogP contribution in [0.1, 0.15) is 56.3 Å². The number of nitrogens with zero attached hydrogens (tertiary/aromatic N) is 2. The van der Waals surface area contributed by atoms with Gasteiger partial charge in [0.15, 0.2) is 15.5 Å². The fraction of sp³-hybridized carbons (Fsp3) is 0.375. The summed E-state index contributed by atoms with van der Waals surface area (Å²) in [5, 5.41) is 4.50. The van der Waals surface area contributed by atoms with E-state index in [2.05, 4.69) is 30.9 Å². The molecule has 2 aromatic heterocycles. The summed E-state index contributed by atoms with van der Waals surface area (Å²) in [6.45, 7) is 10.7. The van der Waals surface area contributed by atoms with Crippen LogP contribution >= 0.6 is 0 Å².